The van der Waals surface area contributed by atoms with Crippen LogP contribution in [0, 0.1) is 5.92 Å². The van der Waals surface area contributed by atoms with Crippen LogP contribution >= 0.6 is 0 Å². The molecule has 1 fully saturated rings. The molecule has 1 unspecified atom stereocenters. The fourth-order valence-corrected chi connectivity index (χ4v) is 4.25. The topological polar surface area (TPSA) is 101 Å². The minimum absolute atomic E-state index is 0.108. The van der Waals surface area contributed by atoms with Crippen molar-refractivity contribution in [1.29, 1.82) is 0 Å². The van der Waals surface area contributed by atoms with E-state index < -0.39 is 10.0 Å². The molecular formula is C16H25N3O3S. The summed E-state index contributed by atoms with van der Waals surface area (Å²) in [4.78, 5) is 11.5. The summed E-state index contributed by atoms with van der Waals surface area (Å²) in [6.07, 6.45) is 4.68. The van der Waals surface area contributed by atoms with Crippen molar-refractivity contribution in [3.8, 4) is 0 Å². The summed E-state index contributed by atoms with van der Waals surface area (Å²) in [6.45, 7) is 2.06. The molecule has 1 saturated carbocycles. The average Bonchev–Trinajstić information content (AvgIpc) is 3.07. The van der Waals surface area contributed by atoms with Gasteiger partial charge >= 0.3 is 0 Å². The highest BCUT2D eigenvalue weighted by Crippen LogP contribution is 2.28. The Morgan fingerprint density at radius 2 is 1.87 bits per heavy atom. The van der Waals surface area contributed by atoms with E-state index in [0.717, 1.165) is 25.7 Å². The van der Waals surface area contributed by atoms with Gasteiger partial charge < -0.3 is 11.1 Å². The van der Waals surface area contributed by atoms with Crippen LogP contribution in [0.2, 0.25) is 0 Å². The number of hydrogen-bond acceptors (Lipinski definition) is 4. The zero-order valence-electron chi connectivity index (χ0n) is 13.4. The van der Waals surface area contributed by atoms with Gasteiger partial charge in [0, 0.05) is 24.7 Å². The largest absolute Gasteiger partial charge is 0.329 e. The number of carbonyl (C=O) groups is 1. The maximum Gasteiger partial charge on any atom is 0.240 e. The second kappa shape index (κ2) is 7.90. The van der Waals surface area contributed by atoms with Gasteiger partial charge in [-0.15, -0.1) is 0 Å². The number of nitrogens with one attached hydrogen (secondary N) is 2. The van der Waals surface area contributed by atoms with Crippen LogP contribution in [0.1, 0.15) is 39.0 Å². The van der Waals surface area contributed by atoms with Crippen LogP contribution in [0.15, 0.2) is 29.2 Å². The minimum Gasteiger partial charge on any atom is -0.329 e. The number of benzene rings is 1. The lowest BCUT2D eigenvalue weighted by atomic mass is 9.99. The first-order chi connectivity index (χ1) is 11.0. The molecule has 1 amide bonds. The number of anilines is 1. The molecular weight excluding hydrogens is 314 g/mol. The Bertz CT molecular complexity index is 622. The molecule has 0 bridgehead atoms. The standard InChI is InChI=1S/C16H25N3O3S/c1-2-16(20)18-13-7-9-14(10-8-13)23(21,22)19-15(11-17)12-5-3-4-6-12/h7-10,12,15,19H,2-6,11,17H2,1H3,(H,18,20). The second-order valence-corrected chi connectivity index (χ2v) is 7.65. The molecule has 1 aliphatic carbocycles. The molecule has 23 heavy (non-hydrogen) atoms. The lowest BCUT2D eigenvalue weighted by molar-refractivity contribution is -0.115. The summed E-state index contributed by atoms with van der Waals surface area (Å²) in [7, 11) is -3.60. The zero-order valence-corrected chi connectivity index (χ0v) is 14.2. The van der Waals surface area contributed by atoms with Gasteiger partial charge in [0.15, 0.2) is 0 Å². The van der Waals surface area contributed by atoms with E-state index >= 15 is 0 Å². The summed E-state index contributed by atoms with van der Waals surface area (Å²) in [6, 6.07) is 5.96. The first kappa shape index (κ1) is 17.9. The van der Waals surface area contributed by atoms with Gasteiger partial charge in [0.05, 0.1) is 4.90 Å². The van der Waals surface area contributed by atoms with E-state index in [1.165, 1.54) is 12.1 Å². The third kappa shape index (κ3) is 4.76. The van der Waals surface area contributed by atoms with Crippen molar-refractivity contribution in [2.75, 3.05) is 11.9 Å². The highest BCUT2D eigenvalue weighted by molar-refractivity contribution is 7.89. The van der Waals surface area contributed by atoms with Gasteiger partial charge in [0.1, 0.15) is 0 Å². The van der Waals surface area contributed by atoms with Crippen molar-refractivity contribution in [2.45, 2.75) is 50.0 Å². The third-order valence-electron chi connectivity index (χ3n) is 4.30. The zero-order chi connectivity index (χ0) is 16.9. The Kier molecular flexibility index (Phi) is 6.15. The lowest BCUT2D eigenvalue weighted by Crippen LogP contribution is -2.44. The molecule has 1 aromatic rings. The number of rotatable bonds is 7. The van der Waals surface area contributed by atoms with Crippen molar-refractivity contribution in [1.82, 2.24) is 4.72 Å². The van der Waals surface area contributed by atoms with Gasteiger partial charge in [-0.25, -0.2) is 13.1 Å². The van der Waals surface area contributed by atoms with Crippen LogP contribution in [-0.2, 0) is 14.8 Å². The molecule has 2 rings (SSSR count). The van der Waals surface area contributed by atoms with E-state index in [1.807, 2.05) is 0 Å². The number of nitrogens with two attached hydrogens (primary N) is 1. The van der Waals surface area contributed by atoms with Gasteiger partial charge in [-0.05, 0) is 43.0 Å². The Labute approximate surface area is 137 Å². The molecule has 0 aliphatic heterocycles. The molecule has 1 aromatic carbocycles. The molecule has 6 nitrogen and oxygen atoms in total. The van der Waals surface area contributed by atoms with E-state index in [2.05, 4.69) is 10.0 Å². The summed E-state index contributed by atoms with van der Waals surface area (Å²) < 4.78 is 27.7. The van der Waals surface area contributed by atoms with Gasteiger partial charge in [-0.2, -0.15) is 0 Å². The first-order valence-electron chi connectivity index (χ1n) is 8.08. The number of amides is 1. The van der Waals surface area contributed by atoms with E-state index in [4.69, 9.17) is 5.73 Å². The van der Waals surface area contributed by atoms with Gasteiger partial charge in [-0.3, -0.25) is 4.79 Å². The highest BCUT2D eigenvalue weighted by Gasteiger charge is 2.28. The summed E-state index contributed by atoms with van der Waals surface area (Å²) in [5, 5.41) is 2.69. The van der Waals surface area contributed by atoms with Gasteiger partial charge in [0.25, 0.3) is 0 Å². The maximum absolute atomic E-state index is 12.5. The van der Waals surface area contributed by atoms with Crippen LogP contribution < -0.4 is 15.8 Å². The SMILES string of the molecule is CCC(=O)Nc1ccc(S(=O)(=O)NC(CN)C2CCCC2)cc1. The molecule has 7 heteroatoms. The monoisotopic (exact) mass is 339 g/mol. The maximum atomic E-state index is 12.5. The van der Waals surface area contributed by atoms with Crippen LogP contribution in [0.5, 0.6) is 0 Å². The molecule has 0 saturated heterocycles. The van der Waals surface area contributed by atoms with Crippen LogP contribution in [0.3, 0.4) is 0 Å². The summed E-state index contributed by atoms with van der Waals surface area (Å²) in [5.41, 5.74) is 6.34. The van der Waals surface area contributed by atoms with Crippen molar-refractivity contribution >= 4 is 21.6 Å². The fourth-order valence-electron chi connectivity index (χ4n) is 2.93. The molecule has 0 spiro atoms. The molecule has 0 heterocycles. The summed E-state index contributed by atoms with van der Waals surface area (Å²) in [5.74, 6) is 0.209. The van der Waals surface area contributed by atoms with Crippen LogP contribution in [0.4, 0.5) is 5.69 Å². The molecule has 4 N–H and O–H groups in total. The van der Waals surface area contributed by atoms with Crippen molar-refractivity contribution < 1.29 is 13.2 Å². The second-order valence-electron chi connectivity index (χ2n) is 5.93. The smallest absolute Gasteiger partial charge is 0.240 e. The molecule has 128 valence electrons. The fraction of sp³-hybridized carbons (Fsp3) is 0.562. The van der Waals surface area contributed by atoms with Gasteiger partial charge in [0.2, 0.25) is 15.9 Å². The lowest BCUT2D eigenvalue weighted by Gasteiger charge is -2.23. The first-order valence-corrected chi connectivity index (χ1v) is 9.57. The molecule has 0 aromatic heterocycles. The van der Waals surface area contributed by atoms with E-state index in [1.54, 1.807) is 19.1 Å². The molecule has 1 aliphatic rings. The number of carbonyl (C=O) groups excluding carboxylic acids is 1. The Morgan fingerprint density at radius 3 is 2.39 bits per heavy atom. The van der Waals surface area contributed by atoms with E-state index in [9.17, 15) is 13.2 Å². The van der Waals surface area contributed by atoms with Crippen molar-refractivity contribution in [3.05, 3.63) is 24.3 Å². The predicted octanol–water partition coefficient (Wildman–Crippen LogP) is 1.83. The number of sulfonamides is 1. The number of hydrogen-bond donors (Lipinski definition) is 3. The van der Waals surface area contributed by atoms with E-state index in [0.29, 0.717) is 24.6 Å². The van der Waals surface area contributed by atoms with Crippen LogP contribution in [0.25, 0.3) is 0 Å². The summed E-state index contributed by atoms with van der Waals surface area (Å²) >= 11 is 0. The predicted molar refractivity (Wildman–Crippen MR) is 90.5 cm³/mol. The Morgan fingerprint density at radius 1 is 1.26 bits per heavy atom. The Balaban J connectivity index is 2.07. The molecule has 1 atom stereocenters. The van der Waals surface area contributed by atoms with Crippen LogP contribution in [-0.4, -0.2) is 26.9 Å². The van der Waals surface area contributed by atoms with Crippen molar-refractivity contribution in [2.24, 2.45) is 11.7 Å². The highest BCUT2D eigenvalue weighted by atomic mass is 32.2. The quantitative estimate of drug-likeness (QED) is 0.705. The van der Waals surface area contributed by atoms with Crippen molar-refractivity contribution in [3.63, 3.8) is 0 Å². The molecule has 0 radical (unpaired) electrons. The third-order valence-corrected chi connectivity index (χ3v) is 5.80. The normalized spacial score (nSPS) is 17.1. The van der Waals surface area contributed by atoms with E-state index in [-0.39, 0.29) is 16.8 Å². The average molecular weight is 339 g/mol. The Hall–Kier alpha value is -1.44. The van der Waals surface area contributed by atoms with Gasteiger partial charge in [-0.1, -0.05) is 19.8 Å². The minimum atomic E-state index is -3.60.